The maximum Gasteiger partial charge on any atom is 0.184 e. The SMILES string of the molecule is CC(C)=CCC[C@@]1(C)[C@H](CC=C(C)C)C[C@]2(CC=C(C)C)C(=O)/C(=C(\O)c3ccc(O)c(O)c3)C(=O)[C@@]1(CC=C(C)C)C2=O. The zero-order valence-corrected chi connectivity index (χ0v) is 27.9. The molecule has 0 aromatic heterocycles. The minimum atomic E-state index is -1.61. The second-order valence-corrected chi connectivity index (χ2v) is 14.0. The first-order valence-corrected chi connectivity index (χ1v) is 15.6. The molecule has 0 saturated heterocycles. The molecule has 2 bridgehead atoms. The maximum atomic E-state index is 15.2. The van der Waals surface area contributed by atoms with Crippen LogP contribution in [0.4, 0.5) is 0 Å². The van der Waals surface area contributed by atoms with E-state index in [1.807, 2.05) is 74.5 Å². The summed E-state index contributed by atoms with van der Waals surface area (Å²) in [5.41, 5.74) is -0.210. The lowest BCUT2D eigenvalue weighted by atomic mass is 9.37. The summed E-state index contributed by atoms with van der Waals surface area (Å²) in [6, 6.07) is 3.67. The molecule has 2 saturated carbocycles. The number of aromatic hydroxyl groups is 2. The van der Waals surface area contributed by atoms with Gasteiger partial charge in [-0.3, -0.25) is 14.4 Å². The Morgan fingerprint density at radius 1 is 0.795 bits per heavy atom. The number of aliphatic hydroxyl groups is 1. The Balaban J connectivity index is 2.51. The van der Waals surface area contributed by atoms with Crippen molar-refractivity contribution in [3.8, 4) is 11.5 Å². The van der Waals surface area contributed by atoms with Crippen LogP contribution in [0.25, 0.3) is 5.76 Å². The van der Waals surface area contributed by atoms with E-state index >= 15 is 9.59 Å². The van der Waals surface area contributed by atoms with Gasteiger partial charge in [0.05, 0.1) is 5.41 Å². The van der Waals surface area contributed by atoms with Crippen molar-refractivity contribution in [3.05, 3.63) is 75.9 Å². The molecule has 4 atom stereocenters. The fourth-order valence-corrected chi connectivity index (χ4v) is 7.12. The predicted molar refractivity (Wildman–Crippen MR) is 176 cm³/mol. The van der Waals surface area contributed by atoms with Crippen LogP contribution in [0.1, 0.15) is 106 Å². The molecule has 0 aliphatic heterocycles. The normalized spacial score (nSPS) is 27.4. The van der Waals surface area contributed by atoms with E-state index in [4.69, 9.17) is 0 Å². The molecule has 1 aromatic carbocycles. The largest absolute Gasteiger partial charge is 0.506 e. The number of rotatable bonds is 10. The Hall–Kier alpha value is -3.67. The number of hydrogen-bond donors (Lipinski definition) is 3. The third kappa shape index (κ3) is 6.13. The van der Waals surface area contributed by atoms with Crippen LogP contribution >= 0.6 is 0 Å². The van der Waals surface area contributed by atoms with Crippen LogP contribution in [0.3, 0.4) is 0 Å². The van der Waals surface area contributed by atoms with Gasteiger partial charge in [-0.25, -0.2) is 0 Å². The second kappa shape index (κ2) is 13.1. The monoisotopic (exact) mass is 602 g/mol. The van der Waals surface area contributed by atoms with Crippen LogP contribution in [0, 0.1) is 22.2 Å². The van der Waals surface area contributed by atoms with Crippen LogP contribution in [0.2, 0.25) is 0 Å². The van der Waals surface area contributed by atoms with Crippen molar-refractivity contribution in [2.75, 3.05) is 0 Å². The number of phenols is 2. The highest BCUT2D eigenvalue weighted by Crippen LogP contribution is 2.67. The molecule has 6 nitrogen and oxygen atoms in total. The fraction of sp³-hybridized carbons (Fsp3) is 0.500. The summed E-state index contributed by atoms with van der Waals surface area (Å²) >= 11 is 0. The summed E-state index contributed by atoms with van der Waals surface area (Å²) in [4.78, 5) is 45.0. The van der Waals surface area contributed by atoms with E-state index in [0.29, 0.717) is 19.3 Å². The zero-order valence-electron chi connectivity index (χ0n) is 27.9. The Morgan fingerprint density at radius 2 is 1.36 bits per heavy atom. The minimum absolute atomic E-state index is 0.0199. The zero-order chi connectivity index (χ0) is 33.2. The smallest absolute Gasteiger partial charge is 0.184 e. The molecule has 0 spiro atoms. The first-order chi connectivity index (χ1) is 20.4. The molecular weight excluding hydrogens is 552 g/mol. The molecular formula is C38H50O6. The number of benzene rings is 1. The molecule has 238 valence electrons. The van der Waals surface area contributed by atoms with Crippen molar-refractivity contribution in [1.29, 1.82) is 0 Å². The van der Waals surface area contributed by atoms with E-state index < -0.39 is 50.6 Å². The second-order valence-electron chi connectivity index (χ2n) is 14.0. The van der Waals surface area contributed by atoms with Gasteiger partial charge in [0.1, 0.15) is 16.7 Å². The van der Waals surface area contributed by atoms with Crippen LogP contribution in [0.5, 0.6) is 11.5 Å². The van der Waals surface area contributed by atoms with Gasteiger partial charge in [-0.1, -0.05) is 53.5 Å². The number of carbonyl (C=O) groups excluding carboxylic acids is 3. The molecule has 3 N–H and O–H groups in total. The Labute approximate surface area is 263 Å². The van der Waals surface area contributed by atoms with E-state index in [0.717, 1.165) is 28.4 Å². The Morgan fingerprint density at radius 3 is 1.91 bits per heavy atom. The highest BCUT2D eigenvalue weighted by Gasteiger charge is 2.74. The van der Waals surface area contributed by atoms with Crippen LogP contribution in [0.15, 0.2) is 70.4 Å². The number of aliphatic hydroxyl groups excluding tert-OH is 1. The van der Waals surface area contributed by atoms with Crippen LogP contribution in [-0.4, -0.2) is 32.7 Å². The third-order valence-electron chi connectivity index (χ3n) is 9.76. The molecule has 2 aliphatic rings. The molecule has 0 amide bonds. The lowest BCUT2D eigenvalue weighted by molar-refractivity contribution is -0.178. The van der Waals surface area contributed by atoms with Crippen molar-refractivity contribution in [3.63, 3.8) is 0 Å². The van der Waals surface area contributed by atoms with Gasteiger partial charge in [0.2, 0.25) is 0 Å². The van der Waals surface area contributed by atoms with Crippen LogP contribution in [-0.2, 0) is 14.4 Å². The summed E-state index contributed by atoms with van der Waals surface area (Å²) in [5.74, 6) is -3.32. The average Bonchev–Trinajstić information content (AvgIpc) is 2.92. The molecule has 1 aromatic rings. The van der Waals surface area contributed by atoms with Crippen molar-refractivity contribution >= 4 is 23.1 Å². The number of allylic oxidation sites excluding steroid dienone is 9. The number of fused-ring (bicyclic) bond motifs is 2. The van der Waals surface area contributed by atoms with Gasteiger partial charge < -0.3 is 15.3 Å². The summed E-state index contributed by atoms with van der Waals surface area (Å²) in [6.07, 6.45) is 10.4. The predicted octanol–water partition coefficient (Wildman–Crippen LogP) is 8.90. The van der Waals surface area contributed by atoms with Crippen molar-refractivity contribution in [2.45, 2.75) is 101 Å². The van der Waals surface area contributed by atoms with E-state index in [9.17, 15) is 20.1 Å². The quantitative estimate of drug-likeness (QED) is 0.0616. The highest BCUT2D eigenvalue weighted by molar-refractivity contribution is 6.41. The summed E-state index contributed by atoms with van der Waals surface area (Å²) in [7, 11) is 0. The van der Waals surface area contributed by atoms with E-state index in [1.165, 1.54) is 12.1 Å². The van der Waals surface area contributed by atoms with Gasteiger partial charge in [0.15, 0.2) is 28.8 Å². The number of phenolic OH excluding ortho intramolecular Hbond substituents is 2. The standard InChI is InChI=1S/C38H50O6/c1-23(2)11-10-18-36(9)28(14-12-24(3)4)22-37(19-16-25(5)6)33(42)31(32(41)27-13-15-29(39)30(40)21-27)34(43)38(36,35(37)44)20-17-26(7)8/h11-13,15-17,21,28,39-41H,10,14,18-20,22H2,1-9H3/b32-31+/t28-,36+,37-,38+/m1/s1. The van der Waals surface area contributed by atoms with Gasteiger partial charge in [0, 0.05) is 5.56 Å². The minimum Gasteiger partial charge on any atom is -0.506 e. The topological polar surface area (TPSA) is 112 Å². The van der Waals surface area contributed by atoms with Gasteiger partial charge in [-0.15, -0.1) is 0 Å². The maximum absolute atomic E-state index is 15.2. The first kappa shape index (κ1) is 34.8. The van der Waals surface area contributed by atoms with Gasteiger partial charge in [-0.05, 0) is 123 Å². The van der Waals surface area contributed by atoms with Crippen molar-refractivity contribution in [2.24, 2.45) is 22.2 Å². The lowest BCUT2D eigenvalue weighted by Crippen LogP contribution is -2.70. The number of carbonyl (C=O) groups is 3. The third-order valence-corrected chi connectivity index (χ3v) is 9.76. The van der Waals surface area contributed by atoms with E-state index in [2.05, 4.69) is 12.2 Å². The summed E-state index contributed by atoms with van der Waals surface area (Å²) in [6.45, 7) is 17.8. The summed E-state index contributed by atoms with van der Waals surface area (Å²) in [5, 5.41) is 31.8. The molecule has 2 fully saturated rings. The molecule has 6 heteroatoms. The molecule has 0 radical (unpaired) electrons. The number of hydrogen-bond acceptors (Lipinski definition) is 6. The molecule has 0 heterocycles. The number of Topliss-reactive ketones (excluding diaryl/α,β-unsaturated/α-hetero) is 3. The van der Waals surface area contributed by atoms with Gasteiger partial charge in [0.25, 0.3) is 0 Å². The Kier molecular flexibility index (Phi) is 10.4. The number of ketones is 3. The molecule has 44 heavy (non-hydrogen) atoms. The van der Waals surface area contributed by atoms with Crippen molar-refractivity contribution < 1.29 is 29.7 Å². The molecule has 3 rings (SSSR count). The van der Waals surface area contributed by atoms with Gasteiger partial charge >= 0.3 is 0 Å². The van der Waals surface area contributed by atoms with E-state index in [-0.39, 0.29) is 36.5 Å². The molecule has 0 unspecified atom stereocenters. The summed E-state index contributed by atoms with van der Waals surface area (Å²) < 4.78 is 0. The van der Waals surface area contributed by atoms with Gasteiger partial charge in [-0.2, -0.15) is 0 Å². The van der Waals surface area contributed by atoms with Crippen LogP contribution < -0.4 is 0 Å². The average molecular weight is 603 g/mol. The van der Waals surface area contributed by atoms with Crippen molar-refractivity contribution in [1.82, 2.24) is 0 Å². The Bertz CT molecular complexity index is 1480. The fourth-order valence-electron chi connectivity index (χ4n) is 7.12. The lowest BCUT2D eigenvalue weighted by Gasteiger charge is -2.61. The first-order valence-electron chi connectivity index (χ1n) is 15.6. The molecule has 2 aliphatic carbocycles. The highest BCUT2D eigenvalue weighted by atomic mass is 16.3. The van der Waals surface area contributed by atoms with E-state index in [1.54, 1.807) is 0 Å².